The van der Waals surface area contributed by atoms with Crippen LogP contribution in [-0.2, 0) is 0 Å². The maximum Gasteiger partial charge on any atom is 0.0989 e. The zero-order valence-electron chi connectivity index (χ0n) is 15.3. The van der Waals surface area contributed by atoms with E-state index in [1.54, 1.807) is 0 Å². The molecule has 1 atom stereocenters. The summed E-state index contributed by atoms with van der Waals surface area (Å²) in [7, 11) is 0. The Kier molecular flexibility index (Phi) is 4.09. The van der Waals surface area contributed by atoms with Gasteiger partial charge >= 0.3 is 0 Å². The molecular formula is C21H28N2. The van der Waals surface area contributed by atoms with Gasteiger partial charge in [0.2, 0.25) is 0 Å². The van der Waals surface area contributed by atoms with Crippen molar-refractivity contribution in [1.82, 2.24) is 4.90 Å². The first-order chi connectivity index (χ1) is 10.9. The second kappa shape index (κ2) is 5.92. The molecule has 1 aromatic rings. The van der Waals surface area contributed by atoms with Gasteiger partial charge in [0.05, 0.1) is 6.67 Å². The summed E-state index contributed by atoms with van der Waals surface area (Å²) in [5.41, 5.74) is 9.70. The Morgan fingerprint density at radius 1 is 0.913 bits per heavy atom. The van der Waals surface area contributed by atoms with Crippen molar-refractivity contribution in [2.24, 2.45) is 5.92 Å². The Bertz CT molecular complexity index is 698. The van der Waals surface area contributed by atoms with Crippen LogP contribution in [-0.4, -0.2) is 11.6 Å². The number of hydrogen-bond donors (Lipinski definition) is 0. The lowest BCUT2D eigenvalue weighted by Gasteiger charge is -2.30. The van der Waals surface area contributed by atoms with Crippen LogP contribution in [0.4, 0.5) is 5.69 Å². The molecule has 1 unspecified atom stereocenters. The second-order valence-corrected chi connectivity index (χ2v) is 7.29. The lowest BCUT2D eigenvalue weighted by atomic mass is 9.90. The van der Waals surface area contributed by atoms with Crippen LogP contribution in [0.3, 0.4) is 0 Å². The van der Waals surface area contributed by atoms with Gasteiger partial charge in [-0.25, -0.2) is 0 Å². The molecule has 23 heavy (non-hydrogen) atoms. The highest BCUT2D eigenvalue weighted by molar-refractivity contribution is 5.63. The van der Waals surface area contributed by atoms with E-state index in [0.717, 1.165) is 6.67 Å². The molecule has 0 spiro atoms. The number of hydrogen-bond acceptors (Lipinski definition) is 2. The SMILES string of the molecule is CC1=CC(C)CC(C)=C1N1C=CN(c2c(C)cc(C)cc2C)C1. The number of aryl methyl sites for hydroxylation is 3. The average molecular weight is 308 g/mol. The van der Waals surface area contributed by atoms with E-state index < -0.39 is 0 Å². The van der Waals surface area contributed by atoms with Gasteiger partial charge in [-0.3, -0.25) is 0 Å². The van der Waals surface area contributed by atoms with E-state index in [0.29, 0.717) is 5.92 Å². The highest BCUT2D eigenvalue weighted by atomic mass is 15.3. The smallest absolute Gasteiger partial charge is 0.0989 e. The highest BCUT2D eigenvalue weighted by Crippen LogP contribution is 2.35. The monoisotopic (exact) mass is 308 g/mol. The molecule has 0 saturated carbocycles. The zero-order chi connectivity index (χ0) is 16.7. The number of rotatable bonds is 2. The molecule has 1 aliphatic carbocycles. The molecule has 0 saturated heterocycles. The van der Waals surface area contributed by atoms with Crippen molar-refractivity contribution in [2.75, 3.05) is 11.6 Å². The van der Waals surface area contributed by atoms with Crippen LogP contribution in [0.15, 0.2) is 47.5 Å². The molecule has 3 rings (SSSR count). The van der Waals surface area contributed by atoms with Crippen LogP contribution in [0, 0.1) is 26.7 Å². The van der Waals surface area contributed by atoms with Crippen molar-refractivity contribution < 1.29 is 0 Å². The third-order valence-corrected chi connectivity index (χ3v) is 4.88. The van der Waals surface area contributed by atoms with Crippen molar-refractivity contribution in [3.63, 3.8) is 0 Å². The standard InChI is InChI=1S/C21H28N2/c1-14-9-16(3)20(17(4)10-14)22-7-8-23(13-22)21-18(5)11-15(2)12-19(21)6/h7-11,15H,12-13H2,1-6H3. The molecule has 0 N–H and O–H groups in total. The fraction of sp³-hybridized carbons (Fsp3) is 0.429. The molecule has 2 heteroatoms. The quantitative estimate of drug-likeness (QED) is 0.719. The van der Waals surface area contributed by atoms with Gasteiger partial charge in [-0.1, -0.05) is 30.7 Å². The summed E-state index contributed by atoms with van der Waals surface area (Å²) < 4.78 is 0. The Balaban J connectivity index is 1.87. The van der Waals surface area contributed by atoms with Crippen LogP contribution in [0.1, 0.15) is 43.9 Å². The molecule has 0 bridgehead atoms. The van der Waals surface area contributed by atoms with Gasteiger partial charge in [-0.05, 0) is 69.2 Å². The van der Waals surface area contributed by atoms with E-state index in [9.17, 15) is 0 Å². The largest absolute Gasteiger partial charge is 0.328 e. The number of nitrogens with zero attached hydrogens (tertiary/aromatic N) is 2. The molecular weight excluding hydrogens is 280 g/mol. The highest BCUT2D eigenvalue weighted by Gasteiger charge is 2.24. The van der Waals surface area contributed by atoms with Crippen molar-refractivity contribution in [2.45, 2.75) is 48.0 Å². The van der Waals surface area contributed by atoms with Gasteiger partial charge < -0.3 is 9.80 Å². The molecule has 0 radical (unpaired) electrons. The predicted octanol–water partition coefficient (Wildman–Crippen LogP) is 5.42. The maximum absolute atomic E-state index is 2.40. The van der Waals surface area contributed by atoms with Gasteiger partial charge in [0, 0.05) is 23.8 Å². The van der Waals surface area contributed by atoms with Crippen LogP contribution in [0.25, 0.3) is 0 Å². The molecule has 1 heterocycles. The second-order valence-electron chi connectivity index (χ2n) is 7.29. The first-order valence-electron chi connectivity index (χ1n) is 8.55. The van der Waals surface area contributed by atoms with Crippen LogP contribution in [0.5, 0.6) is 0 Å². The maximum atomic E-state index is 2.40. The van der Waals surface area contributed by atoms with Gasteiger partial charge in [0.15, 0.2) is 0 Å². The summed E-state index contributed by atoms with van der Waals surface area (Å²) in [4.78, 5) is 4.77. The van der Waals surface area contributed by atoms with Crippen LogP contribution < -0.4 is 4.90 Å². The molecule has 0 aromatic heterocycles. The Hall–Kier alpha value is -1.96. The summed E-state index contributed by atoms with van der Waals surface area (Å²) in [5, 5.41) is 0. The molecule has 0 amide bonds. The van der Waals surface area contributed by atoms with Crippen molar-refractivity contribution >= 4 is 5.69 Å². The van der Waals surface area contributed by atoms with E-state index in [4.69, 9.17) is 0 Å². The molecule has 122 valence electrons. The summed E-state index contributed by atoms with van der Waals surface area (Å²) >= 11 is 0. The fourth-order valence-electron chi connectivity index (χ4n) is 4.29. The van der Waals surface area contributed by atoms with E-state index in [-0.39, 0.29) is 0 Å². The lowest BCUT2D eigenvalue weighted by molar-refractivity contribution is 0.488. The van der Waals surface area contributed by atoms with Gasteiger partial charge in [0.25, 0.3) is 0 Å². The van der Waals surface area contributed by atoms with Crippen molar-refractivity contribution in [3.05, 3.63) is 64.1 Å². The van der Waals surface area contributed by atoms with Gasteiger partial charge in [0.1, 0.15) is 0 Å². The molecule has 2 aliphatic rings. The Morgan fingerprint density at radius 3 is 2.13 bits per heavy atom. The van der Waals surface area contributed by atoms with E-state index in [1.165, 1.54) is 45.6 Å². The van der Waals surface area contributed by atoms with Gasteiger partial charge in [-0.2, -0.15) is 0 Å². The third-order valence-electron chi connectivity index (χ3n) is 4.88. The average Bonchev–Trinajstić information content (AvgIpc) is 2.85. The topological polar surface area (TPSA) is 6.48 Å². The summed E-state index contributed by atoms with van der Waals surface area (Å²) in [6.45, 7) is 14.3. The molecule has 0 fully saturated rings. The van der Waals surface area contributed by atoms with E-state index >= 15 is 0 Å². The number of allylic oxidation sites excluding steroid dienone is 3. The van der Waals surface area contributed by atoms with Gasteiger partial charge in [-0.15, -0.1) is 0 Å². The Morgan fingerprint density at radius 2 is 1.52 bits per heavy atom. The van der Waals surface area contributed by atoms with E-state index in [2.05, 4.69) is 82.0 Å². The zero-order valence-corrected chi connectivity index (χ0v) is 15.3. The fourth-order valence-corrected chi connectivity index (χ4v) is 4.29. The Labute approximate surface area is 140 Å². The molecule has 2 nitrogen and oxygen atoms in total. The first kappa shape index (κ1) is 15.9. The molecule has 1 aromatic carbocycles. The van der Waals surface area contributed by atoms with Crippen LogP contribution >= 0.6 is 0 Å². The summed E-state index contributed by atoms with van der Waals surface area (Å²) in [5.74, 6) is 0.656. The predicted molar refractivity (Wildman–Crippen MR) is 99.2 cm³/mol. The minimum atomic E-state index is 0.656. The minimum Gasteiger partial charge on any atom is -0.328 e. The van der Waals surface area contributed by atoms with Crippen molar-refractivity contribution in [1.29, 1.82) is 0 Å². The normalized spacial score (nSPS) is 21.3. The minimum absolute atomic E-state index is 0.656. The number of benzene rings is 1. The van der Waals surface area contributed by atoms with E-state index in [1.807, 2.05) is 0 Å². The summed E-state index contributed by atoms with van der Waals surface area (Å²) in [6, 6.07) is 4.55. The van der Waals surface area contributed by atoms with Crippen LogP contribution in [0.2, 0.25) is 0 Å². The first-order valence-corrected chi connectivity index (χ1v) is 8.55. The molecule has 1 aliphatic heterocycles. The third kappa shape index (κ3) is 2.95. The summed E-state index contributed by atoms with van der Waals surface area (Å²) in [6.07, 6.45) is 8.02. The van der Waals surface area contributed by atoms with Crippen molar-refractivity contribution in [3.8, 4) is 0 Å². The lowest BCUT2D eigenvalue weighted by Crippen LogP contribution is -2.28. The number of anilines is 1.